The predicted molar refractivity (Wildman–Crippen MR) is 97.2 cm³/mol. The molecule has 126 valence electrons. The monoisotopic (exact) mass is 390 g/mol. The Morgan fingerprint density at radius 1 is 1.17 bits per heavy atom. The van der Waals surface area contributed by atoms with Gasteiger partial charge < -0.3 is 9.47 Å². The molecule has 24 heavy (non-hydrogen) atoms. The third-order valence-corrected chi connectivity index (χ3v) is 4.10. The molecule has 0 radical (unpaired) electrons. The van der Waals surface area contributed by atoms with E-state index in [-0.39, 0.29) is 5.91 Å². The molecule has 5 nitrogen and oxygen atoms in total. The third-order valence-electron chi connectivity index (χ3n) is 3.48. The molecule has 0 aliphatic rings. The fourth-order valence-electron chi connectivity index (χ4n) is 2.18. The van der Waals surface area contributed by atoms with Crippen LogP contribution in [0.3, 0.4) is 0 Å². The number of hydrogen-bond donors (Lipinski definition) is 1. The Hall–Kier alpha value is -2.18. The fraction of sp³-hybridized carbons (Fsp3) is 0.222. The Kier molecular flexibility index (Phi) is 6.52. The molecule has 0 fully saturated rings. The summed E-state index contributed by atoms with van der Waals surface area (Å²) >= 11 is 3.43. The molecule has 1 N–H and O–H groups in total. The van der Waals surface area contributed by atoms with Crippen LogP contribution in [0.5, 0.6) is 5.75 Å². The molecular weight excluding hydrogens is 372 g/mol. The normalized spacial score (nSPS) is 12.6. The highest BCUT2D eigenvalue weighted by atomic mass is 79.9. The first-order valence-electron chi connectivity index (χ1n) is 7.32. The molecule has 1 amide bonds. The topological polar surface area (TPSA) is 59.9 Å². The van der Waals surface area contributed by atoms with Crippen LogP contribution in [0.25, 0.3) is 0 Å². The quantitative estimate of drug-likeness (QED) is 0.604. The average Bonchev–Trinajstić information content (AvgIpc) is 2.61. The Morgan fingerprint density at radius 2 is 1.88 bits per heavy atom. The van der Waals surface area contributed by atoms with Gasteiger partial charge in [-0.3, -0.25) is 4.79 Å². The summed E-state index contributed by atoms with van der Waals surface area (Å²) in [7, 11) is 3.10. The summed E-state index contributed by atoms with van der Waals surface area (Å²) in [5, 5.41) is 4.16. The van der Waals surface area contributed by atoms with E-state index in [1.54, 1.807) is 7.11 Å². The maximum absolute atomic E-state index is 12.3. The Morgan fingerprint density at radius 3 is 2.46 bits per heavy atom. The molecule has 0 bridgehead atoms. The largest absolute Gasteiger partial charge is 0.496 e. The van der Waals surface area contributed by atoms with Gasteiger partial charge in [0.05, 0.1) is 17.3 Å². The summed E-state index contributed by atoms with van der Waals surface area (Å²) in [5.41, 5.74) is 4.88. The zero-order valence-corrected chi connectivity index (χ0v) is 15.3. The second kappa shape index (κ2) is 8.61. The van der Waals surface area contributed by atoms with Crippen molar-refractivity contribution in [2.24, 2.45) is 5.10 Å². The standard InChI is InChI=1S/C18H19BrN2O3/c1-12(14-9-10-16(23-2)15(19)11-14)20-21-18(22)17(24-3)13-7-5-4-6-8-13/h4-11,17H,1-3H3,(H,21,22). The van der Waals surface area contributed by atoms with E-state index in [0.717, 1.165) is 21.3 Å². The van der Waals surface area contributed by atoms with Crippen LogP contribution in [-0.4, -0.2) is 25.8 Å². The van der Waals surface area contributed by atoms with Gasteiger partial charge in [0.15, 0.2) is 6.10 Å². The molecule has 0 heterocycles. The lowest BCUT2D eigenvalue weighted by Crippen LogP contribution is -2.27. The Bertz CT molecular complexity index is 732. The zero-order valence-electron chi connectivity index (χ0n) is 13.7. The molecule has 6 heteroatoms. The highest BCUT2D eigenvalue weighted by molar-refractivity contribution is 9.10. The molecule has 0 saturated heterocycles. The number of ether oxygens (including phenoxy) is 2. The lowest BCUT2D eigenvalue weighted by molar-refractivity contribution is -0.131. The van der Waals surface area contributed by atoms with Crippen molar-refractivity contribution in [3.63, 3.8) is 0 Å². The van der Waals surface area contributed by atoms with Gasteiger partial charge in [-0.1, -0.05) is 30.3 Å². The van der Waals surface area contributed by atoms with Gasteiger partial charge in [-0.05, 0) is 52.2 Å². The van der Waals surface area contributed by atoms with Crippen LogP contribution in [0.4, 0.5) is 0 Å². The lowest BCUT2D eigenvalue weighted by atomic mass is 10.1. The van der Waals surface area contributed by atoms with Crippen molar-refractivity contribution in [2.45, 2.75) is 13.0 Å². The van der Waals surface area contributed by atoms with E-state index in [9.17, 15) is 4.79 Å². The van der Waals surface area contributed by atoms with E-state index in [4.69, 9.17) is 9.47 Å². The number of carbonyl (C=O) groups excluding carboxylic acids is 1. The summed E-state index contributed by atoms with van der Waals surface area (Å²) < 4.78 is 11.3. The molecule has 2 aromatic carbocycles. The van der Waals surface area contributed by atoms with Gasteiger partial charge in [-0.2, -0.15) is 5.10 Å². The van der Waals surface area contributed by atoms with Crippen LogP contribution in [-0.2, 0) is 9.53 Å². The minimum Gasteiger partial charge on any atom is -0.496 e. The van der Waals surface area contributed by atoms with Crippen molar-refractivity contribution in [1.29, 1.82) is 0 Å². The highest BCUT2D eigenvalue weighted by Gasteiger charge is 2.19. The zero-order chi connectivity index (χ0) is 17.5. The van der Waals surface area contributed by atoms with Crippen molar-refractivity contribution >= 4 is 27.5 Å². The molecule has 0 aliphatic heterocycles. The van der Waals surface area contributed by atoms with Gasteiger partial charge in [0, 0.05) is 7.11 Å². The van der Waals surface area contributed by atoms with Crippen LogP contribution in [0.1, 0.15) is 24.2 Å². The highest BCUT2D eigenvalue weighted by Crippen LogP contribution is 2.25. The SMILES string of the molecule is COc1ccc(C(C)=NNC(=O)C(OC)c2ccccc2)cc1Br. The van der Waals surface area contributed by atoms with Crippen LogP contribution >= 0.6 is 15.9 Å². The molecular formula is C18H19BrN2O3. The molecule has 0 spiro atoms. The fourth-order valence-corrected chi connectivity index (χ4v) is 2.72. The summed E-state index contributed by atoms with van der Waals surface area (Å²) in [6, 6.07) is 14.9. The molecule has 0 aromatic heterocycles. The summed E-state index contributed by atoms with van der Waals surface area (Å²) in [4.78, 5) is 12.3. The van der Waals surface area contributed by atoms with E-state index in [1.807, 2.05) is 55.5 Å². The number of halogens is 1. The average molecular weight is 391 g/mol. The smallest absolute Gasteiger partial charge is 0.273 e. The van der Waals surface area contributed by atoms with E-state index >= 15 is 0 Å². The second-order valence-corrected chi connectivity index (χ2v) is 5.90. The Labute approximate surface area is 149 Å². The van der Waals surface area contributed by atoms with Gasteiger partial charge in [-0.15, -0.1) is 0 Å². The second-order valence-electron chi connectivity index (χ2n) is 5.05. The summed E-state index contributed by atoms with van der Waals surface area (Å²) in [5.74, 6) is 0.412. The van der Waals surface area contributed by atoms with Gasteiger partial charge in [0.2, 0.25) is 0 Å². The van der Waals surface area contributed by atoms with Crippen LogP contribution < -0.4 is 10.2 Å². The first-order valence-corrected chi connectivity index (χ1v) is 8.12. The van der Waals surface area contributed by atoms with Gasteiger partial charge in [0.1, 0.15) is 5.75 Å². The summed E-state index contributed by atoms with van der Waals surface area (Å²) in [6.07, 6.45) is -0.703. The van der Waals surface area contributed by atoms with Crippen LogP contribution in [0.15, 0.2) is 58.1 Å². The number of nitrogens with one attached hydrogen (secondary N) is 1. The molecule has 0 saturated carbocycles. The van der Waals surface area contributed by atoms with Crippen molar-refractivity contribution in [2.75, 3.05) is 14.2 Å². The molecule has 2 rings (SSSR count). The number of rotatable bonds is 6. The third kappa shape index (κ3) is 4.43. The summed E-state index contributed by atoms with van der Waals surface area (Å²) in [6.45, 7) is 1.82. The van der Waals surface area contributed by atoms with Gasteiger partial charge >= 0.3 is 0 Å². The van der Waals surface area contributed by atoms with Crippen molar-refractivity contribution in [3.8, 4) is 5.75 Å². The molecule has 0 aliphatic carbocycles. The Balaban J connectivity index is 2.11. The van der Waals surface area contributed by atoms with Crippen LogP contribution in [0, 0.1) is 0 Å². The molecule has 2 aromatic rings. The van der Waals surface area contributed by atoms with Gasteiger partial charge in [0.25, 0.3) is 5.91 Å². The molecule has 1 atom stereocenters. The first-order chi connectivity index (χ1) is 11.6. The van der Waals surface area contributed by atoms with Crippen molar-refractivity contribution in [1.82, 2.24) is 5.43 Å². The van der Waals surface area contributed by atoms with E-state index in [1.165, 1.54) is 7.11 Å². The number of methoxy groups -OCH3 is 2. The van der Waals surface area contributed by atoms with Gasteiger partial charge in [-0.25, -0.2) is 5.43 Å². The minimum absolute atomic E-state index is 0.323. The number of hydrogen-bond acceptors (Lipinski definition) is 4. The first kappa shape index (κ1) is 18.2. The predicted octanol–water partition coefficient (Wildman–Crippen LogP) is 3.69. The molecule has 1 unspecified atom stereocenters. The van der Waals surface area contributed by atoms with E-state index < -0.39 is 6.10 Å². The number of hydrazone groups is 1. The van der Waals surface area contributed by atoms with E-state index in [2.05, 4.69) is 26.5 Å². The maximum Gasteiger partial charge on any atom is 0.273 e. The maximum atomic E-state index is 12.3. The van der Waals surface area contributed by atoms with E-state index in [0.29, 0.717) is 5.71 Å². The number of nitrogens with zero attached hydrogens (tertiary/aromatic N) is 1. The minimum atomic E-state index is -0.703. The number of amides is 1. The van der Waals surface area contributed by atoms with Crippen molar-refractivity contribution < 1.29 is 14.3 Å². The number of carbonyl (C=O) groups is 1. The van der Waals surface area contributed by atoms with Crippen LogP contribution in [0.2, 0.25) is 0 Å². The number of benzene rings is 2. The lowest BCUT2D eigenvalue weighted by Gasteiger charge is -2.14. The van der Waals surface area contributed by atoms with Crippen molar-refractivity contribution in [3.05, 3.63) is 64.1 Å².